The van der Waals surface area contributed by atoms with E-state index in [1.807, 2.05) is 24.4 Å². The number of hydrogen-bond acceptors (Lipinski definition) is 5. The lowest BCUT2D eigenvalue weighted by atomic mass is 9.91. The molecule has 2 heterocycles. The smallest absolute Gasteiger partial charge is 0.251 e. The van der Waals surface area contributed by atoms with E-state index < -0.39 is 0 Å². The predicted molar refractivity (Wildman–Crippen MR) is 143 cm³/mol. The highest BCUT2D eigenvalue weighted by Gasteiger charge is 2.22. The third-order valence-electron chi connectivity index (χ3n) is 5.46. The maximum absolute atomic E-state index is 13.7. The van der Waals surface area contributed by atoms with E-state index in [-0.39, 0.29) is 31.5 Å². The molecular weight excluding hydrogens is 475 g/mol. The highest BCUT2D eigenvalue weighted by atomic mass is 32.1. The number of carbonyl (C=O) groups is 1. The average Bonchev–Trinajstić information content (AvgIpc) is 3.07. The lowest BCUT2D eigenvalue weighted by molar-refractivity contribution is 0.0945. The van der Waals surface area contributed by atoms with Crippen molar-refractivity contribution in [2.75, 3.05) is 19.8 Å². The van der Waals surface area contributed by atoms with Crippen molar-refractivity contribution in [2.45, 2.75) is 12.8 Å². The lowest BCUT2D eigenvalue weighted by Gasteiger charge is -2.11. The van der Waals surface area contributed by atoms with Crippen LogP contribution >= 0.6 is 11.3 Å². The maximum atomic E-state index is 13.7. The van der Waals surface area contributed by atoms with E-state index in [0.29, 0.717) is 18.4 Å². The van der Waals surface area contributed by atoms with E-state index in [4.69, 9.17) is 5.11 Å². The van der Waals surface area contributed by atoms with Crippen molar-refractivity contribution >= 4 is 29.0 Å². The second-order valence-electron chi connectivity index (χ2n) is 7.89. The van der Waals surface area contributed by atoms with Gasteiger partial charge in [-0.25, -0.2) is 4.39 Å². The van der Waals surface area contributed by atoms with Crippen molar-refractivity contribution in [1.82, 2.24) is 5.32 Å². The number of halogens is 1. The minimum atomic E-state index is -0.308. The number of amides is 1. The molecule has 0 unspecified atom stereocenters. The van der Waals surface area contributed by atoms with E-state index >= 15 is 0 Å². The molecule has 7 heteroatoms. The zero-order valence-electron chi connectivity index (χ0n) is 19.5. The Bertz CT molecular complexity index is 1370. The van der Waals surface area contributed by atoms with Crippen molar-refractivity contribution < 1.29 is 19.4 Å². The molecule has 0 bridgehead atoms. The van der Waals surface area contributed by atoms with Gasteiger partial charge >= 0.3 is 0 Å². The largest absolute Gasteiger partial charge is 0.395 e. The third-order valence-corrected chi connectivity index (χ3v) is 6.62. The van der Waals surface area contributed by atoms with Gasteiger partial charge in [0.2, 0.25) is 0 Å². The second-order valence-corrected chi connectivity index (χ2v) is 8.91. The van der Waals surface area contributed by atoms with Crippen molar-refractivity contribution in [3.05, 3.63) is 88.7 Å². The number of nitrogens with one attached hydrogen (secondary N) is 1. The van der Waals surface area contributed by atoms with Crippen LogP contribution in [-0.2, 0) is 0 Å². The standard InChI is InChI=1S/C29H25FN2O3S/c30-24-12-10-22(11-13-24)28-27(20-4-3-15-31-16-14-20)26(25(36-28)5-1-2-18-33)21-6-8-23(9-7-21)29(35)32-17-19-34/h4,6-16,33-34H,2-3,17-19H2,(H,32,35). The molecule has 0 saturated heterocycles. The number of benzene rings is 2. The highest BCUT2D eigenvalue weighted by molar-refractivity contribution is 7.17. The molecule has 1 aliphatic rings. The van der Waals surface area contributed by atoms with Crippen LogP contribution in [0.4, 0.5) is 4.39 Å². The quantitative estimate of drug-likeness (QED) is 0.397. The summed E-state index contributed by atoms with van der Waals surface area (Å²) in [5.74, 6) is 5.68. The van der Waals surface area contributed by atoms with Gasteiger partial charge in [-0.1, -0.05) is 42.2 Å². The van der Waals surface area contributed by atoms with E-state index in [1.165, 1.54) is 23.5 Å². The fourth-order valence-corrected chi connectivity index (χ4v) is 5.04. The molecule has 3 aromatic rings. The first-order valence-corrected chi connectivity index (χ1v) is 12.3. The molecule has 0 saturated carbocycles. The Kier molecular flexibility index (Phi) is 8.58. The molecule has 0 atom stereocenters. The van der Waals surface area contributed by atoms with Crippen LogP contribution in [0.15, 0.2) is 71.9 Å². The van der Waals surface area contributed by atoms with Crippen LogP contribution in [0.5, 0.6) is 0 Å². The summed E-state index contributed by atoms with van der Waals surface area (Å²) in [5.41, 5.74) is 5.06. The number of aliphatic hydroxyl groups is 2. The second kappa shape index (κ2) is 12.2. The molecule has 0 radical (unpaired) electrons. The van der Waals surface area contributed by atoms with E-state index in [9.17, 15) is 14.3 Å². The number of carbonyl (C=O) groups excluding carboxylic acids is 1. The Balaban J connectivity index is 1.91. The minimum absolute atomic E-state index is 0.0335. The molecule has 182 valence electrons. The molecule has 36 heavy (non-hydrogen) atoms. The van der Waals surface area contributed by atoms with Gasteiger partial charge in [-0.3, -0.25) is 9.79 Å². The van der Waals surface area contributed by atoms with Gasteiger partial charge in [-0.2, -0.15) is 0 Å². The molecule has 1 amide bonds. The zero-order valence-corrected chi connectivity index (χ0v) is 20.3. The van der Waals surface area contributed by atoms with Crippen LogP contribution in [-0.4, -0.2) is 42.1 Å². The molecule has 5 nitrogen and oxygen atoms in total. The van der Waals surface area contributed by atoms with Crippen molar-refractivity contribution in [2.24, 2.45) is 4.99 Å². The van der Waals surface area contributed by atoms with Gasteiger partial charge in [0, 0.05) is 53.4 Å². The first-order valence-electron chi connectivity index (χ1n) is 11.5. The molecule has 0 spiro atoms. The molecule has 1 aliphatic heterocycles. The Hall–Kier alpha value is -3.83. The first-order chi connectivity index (χ1) is 17.6. The SMILES string of the molecule is O=C(NCCO)c1ccc(-c2c(C#CCCO)sc(-c3ccc(F)cc3)c2C2=CCC=NC=C2)cc1. The zero-order chi connectivity index (χ0) is 25.3. The van der Waals surface area contributed by atoms with Gasteiger partial charge in [-0.05, 0) is 47.0 Å². The molecule has 3 N–H and O–H groups in total. The van der Waals surface area contributed by atoms with Crippen LogP contribution in [0.1, 0.15) is 33.6 Å². The number of allylic oxidation sites excluding steroid dienone is 3. The Morgan fingerprint density at radius 1 is 1.03 bits per heavy atom. The van der Waals surface area contributed by atoms with Crippen LogP contribution in [0.25, 0.3) is 27.1 Å². The fourth-order valence-electron chi connectivity index (χ4n) is 3.81. The summed E-state index contributed by atoms with van der Waals surface area (Å²) in [4.78, 5) is 18.4. The van der Waals surface area contributed by atoms with E-state index in [0.717, 1.165) is 37.6 Å². The van der Waals surface area contributed by atoms with E-state index in [2.05, 4.69) is 28.2 Å². The van der Waals surface area contributed by atoms with Gasteiger partial charge in [0.1, 0.15) is 5.82 Å². The van der Waals surface area contributed by atoms with Crippen LogP contribution < -0.4 is 5.32 Å². The van der Waals surface area contributed by atoms with Gasteiger partial charge in [0.15, 0.2) is 0 Å². The monoisotopic (exact) mass is 500 g/mol. The van der Waals surface area contributed by atoms with Gasteiger partial charge < -0.3 is 15.5 Å². The number of hydrogen-bond donors (Lipinski definition) is 3. The summed E-state index contributed by atoms with van der Waals surface area (Å²) in [5, 5.41) is 20.9. The van der Waals surface area contributed by atoms with Crippen molar-refractivity contribution in [1.29, 1.82) is 0 Å². The topological polar surface area (TPSA) is 81.9 Å². The van der Waals surface area contributed by atoms with Crippen molar-refractivity contribution in [3.8, 4) is 33.4 Å². The lowest BCUT2D eigenvalue weighted by Crippen LogP contribution is -2.26. The predicted octanol–water partition coefficient (Wildman–Crippen LogP) is 5.05. The average molecular weight is 501 g/mol. The van der Waals surface area contributed by atoms with Gasteiger partial charge in [0.25, 0.3) is 5.91 Å². The Morgan fingerprint density at radius 2 is 1.78 bits per heavy atom. The number of thiophene rings is 1. The van der Waals surface area contributed by atoms with Gasteiger partial charge in [0.05, 0.1) is 18.1 Å². The van der Waals surface area contributed by atoms with Gasteiger partial charge in [-0.15, -0.1) is 11.3 Å². The maximum Gasteiger partial charge on any atom is 0.251 e. The molecule has 1 aromatic heterocycles. The van der Waals surface area contributed by atoms with E-state index in [1.54, 1.807) is 30.5 Å². The number of nitrogens with zero attached hydrogens (tertiary/aromatic N) is 1. The molecular formula is C29H25FN2O3S. The molecule has 2 aromatic carbocycles. The summed E-state index contributed by atoms with van der Waals surface area (Å²) in [6.45, 7) is 0.0220. The van der Waals surface area contributed by atoms with Crippen LogP contribution in [0.2, 0.25) is 0 Å². The minimum Gasteiger partial charge on any atom is -0.395 e. The number of aliphatic imine (C=N–C) groups is 1. The van der Waals surface area contributed by atoms with Crippen LogP contribution in [0, 0.1) is 17.7 Å². The summed E-state index contributed by atoms with van der Waals surface area (Å²) >= 11 is 1.51. The van der Waals surface area contributed by atoms with Crippen molar-refractivity contribution in [3.63, 3.8) is 0 Å². The highest BCUT2D eigenvalue weighted by Crippen LogP contribution is 2.46. The number of rotatable bonds is 7. The van der Waals surface area contributed by atoms with Crippen LogP contribution in [0.3, 0.4) is 0 Å². The molecule has 0 fully saturated rings. The number of aliphatic hydroxyl groups excluding tert-OH is 2. The summed E-state index contributed by atoms with van der Waals surface area (Å²) in [7, 11) is 0. The normalized spacial score (nSPS) is 12.5. The Labute approximate surface area is 213 Å². The molecule has 4 rings (SSSR count). The first kappa shape index (κ1) is 25.3. The summed E-state index contributed by atoms with van der Waals surface area (Å²) < 4.78 is 13.7. The summed E-state index contributed by atoms with van der Waals surface area (Å²) in [6.07, 6.45) is 8.63. The molecule has 0 aliphatic carbocycles. The fraction of sp³-hybridized carbons (Fsp3) is 0.172. The third kappa shape index (κ3) is 5.86. The Morgan fingerprint density at radius 3 is 2.50 bits per heavy atom. The summed E-state index contributed by atoms with van der Waals surface area (Å²) in [6, 6.07) is 13.6.